The Morgan fingerprint density at radius 2 is 1.90 bits per heavy atom. The molecule has 1 aromatic rings. The van der Waals surface area contributed by atoms with E-state index in [1.165, 1.54) is 5.56 Å². The smallest absolute Gasteiger partial charge is 0.161 e. The molecule has 1 aromatic carbocycles. The van der Waals surface area contributed by atoms with Gasteiger partial charge in [0.2, 0.25) is 0 Å². The van der Waals surface area contributed by atoms with Gasteiger partial charge in [-0.2, -0.15) is 0 Å². The van der Waals surface area contributed by atoms with Crippen LogP contribution in [0.1, 0.15) is 18.9 Å². The molecule has 0 amide bonds. The summed E-state index contributed by atoms with van der Waals surface area (Å²) in [4.78, 5) is 0. The van der Waals surface area contributed by atoms with Gasteiger partial charge in [-0.15, -0.1) is 0 Å². The van der Waals surface area contributed by atoms with Crippen molar-refractivity contribution in [2.45, 2.75) is 19.9 Å². The van der Waals surface area contributed by atoms with Gasteiger partial charge < -0.3 is 24.3 Å². The Kier molecular flexibility index (Phi) is 9.61. The van der Waals surface area contributed by atoms with Crippen LogP contribution in [0.5, 0.6) is 11.5 Å². The molecule has 0 atom stereocenters. The monoisotopic (exact) mass is 297 g/mol. The van der Waals surface area contributed by atoms with Gasteiger partial charge in [-0.25, -0.2) is 0 Å². The zero-order valence-electron chi connectivity index (χ0n) is 13.3. The normalized spacial score (nSPS) is 10.6. The molecule has 0 aliphatic rings. The highest BCUT2D eigenvalue weighted by atomic mass is 16.5. The first-order chi connectivity index (χ1) is 10.3. The molecule has 5 heteroatoms. The van der Waals surface area contributed by atoms with Gasteiger partial charge in [0.05, 0.1) is 26.9 Å². The fourth-order valence-electron chi connectivity index (χ4n) is 1.87. The lowest BCUT2D eigenvalue weighted by molar-refractivity contribution is 0.0695. The maximum absolute atomic E-state index is 5.50. The summed E-state index contributed by atoms with van der Waals surface area (Å²) in [7, 11) is 3.34. The number of rotatable bonds is 12. The molecule has 0 saturated heterocycles. The predicted molar refractivity (Wildman–Crippen MR) is 83.2 cm³/mol. The van der Waals surface area contributed by atoms with E-state index in [2.05, 4.69) is 11.4 Å². The minimum Gasteiger partial charge on any atom is -0.493 e. The summed E-state index contributed by atoms with van der Waals surface area (Å²) in [6.07, 6.45) is 0.984. The predicted octanol–water partition coefficient (Wildman–Crippen LogP) is 2.24. The minimum atomic E-state index is 0.636. The van der Waals surface area contributed by atoms with E-state index in [-0.39, 0.29) is 0 Å². The first-order valence-corrected chi connectivity index (χ1v) is 7.39. The number of nitrogens with one attached hydrogen (secondary N) is 1. The molecule has 0 aromatic heterocycles. The molecule has 0 aliphatic heterocycles. The first kappa shape index (κ1) is 17.8. The summed E-state index contributed by atoms with van der Waals surface area (Å²) in [6.45, 7) is 6.39. The third-order valence-corrected chi connectivity index (χ3v) is 2.93. The van der Waals surface area contributed by atoms with E-state index in [9.17, 15) is 0 Å². The number of benzene rings is 1. The van der Waals surface area contributed by atoms with Crippen LogP contribution in [0.25, 0.3) is 0 Å². The van der Waals surface area contributed by atoms with Gasteiger partial charge in [0.1, 0.15) is 0 Å². The topological polar surface area (TPSA) is 49.0 Å². The highest BCUT2D eigenvalue weighted by Crippen LogP contribution is 2.27. The summed E-state index contributed by atoms with van der Waals surface area (Å²) in [5.74, 6) is 1.56. The van der Waals surface area contributed by atoms with Crippen LogP contribution in [0, 0.1) is 0 Å². The second kappa shape index (κ2) is 11.4. The molecule has 0 heterocycles. The SMILES string of the molecule is CCOc1ccc(CNCCCOCCOC)cc1OC. The van der Waals surface area contributed by atoms with Gasteiger partial charge in [0, 0.05) is 20.3 Å². The van der Waals surface area contributed by atoms with E-state index < -0.39 is 0 Å². The Morgan fingerprint density at radius 3 is 2.62 bits per heavy atom. The molecule has 120 valence electrons. The minimum absolute atomic E-state index is 0.636. The average Bonchev–Trinajstić information content (AvgIpc) is 2.51. The van der Waals surface area contributed by atoms with E-state index in [0.29, 0.717) is 19.8 Å². The van der Waals surface area contributed by atoms with Crippen LogP contribution in [0.3, 0.4) is 0 Å². The van der Waals surface area contributed by atoms with Crippen LogP contribution in [-0.4, -0.2) is 47.2 Å². The van der Waals surface area contributed by atoms with Crippen molar-refractivity contribution >= 4 is 0 Å². The lowest BCUT2D eigenvalue weighted by Gasteiger charge is -2.11. The van der Waals surface area contributed by atoms with Crippen LogP contribution in [0.15, 0.2) is 18.2 Å². The molecule has 1 rings (SSSR count). The average molecular weight is 297 g/mol. The van der Waals surface area contributed by atoms with E-state index in [0.717, 1.165) is 37.6 Å². The van der Waals surface area contributed by atoms with Crippen molar-refractivity contribution in [3.63, 3.8) is 0 Å². The Morgan fingerprint density at radius 1 is 1.05 bits per heavy atom. The third kappa shape index (κ3) is 7.32. The lowest BCUT2D eigenvalue weighted by atomic mass is 10.2. The van der Waals surface area contributed by atoms with E-state index in [1.54, 1.807) is 14.2 Å². The number of ether oxygens (including phenoxy) is 4. The molecule has 0 unspecified atom stereocenters. The molecule has 0 aliphatic carbocycles. The van der Waals surface area contributed by atoms with Gasteiger partial charge >= 0.3 is 0 Å². The number of hydrogen-bond acceptors (Lipinski definition) is 5. The largest absolute Gasteiger partial charge is 0.493 e. The van der Waals surface area contributed by atoms with E-state index in [1.807, 2.05) is 19.1 Å². The highest BCUT2D eigenvalue weighted by Gasteiger charge is 2.04. The Labute approximate surface area is 127 Å². The van der Waals surface area contributed by atoms with Crippen LogP contribution in [0.2, 0.25) is 0 Å². The fraction of sp³-hybridized carbons (Fsp3) is 0.625. The van der Waals surface area contributed by atoms with Crippen molar-refractivity contribution in [1.29, 1.82) is 0 Å². The van der Waals surface area contributed by atoms with E-state index in [4.69, 9.17) is 18.9 Å². The quantitative estimate of drug-likeness (QED) is 0.600. The van der Waals surface area contributed by atoms with Crippen LogP contribution < -0.4 is 14.8 Å². The molecule has 0 bridgehead atoms. The Balaban J connectivity index is 2.23. The number of hydrogen-bond donors (Lipinski definition) is 1. The maximum atomic E-state index is 5.50. The Bertz CT molecular complexity index is 385. The summed E-state index contributed by atoms with van der Waals surface area (Å²) in [6, 6.07) is 6.01. The number of methoxy groups -OCH3 is 2. The zero-order chi connectivity index (χ0) is 15.3. The molecule has 0 radical (unpaired) electrons. The molecule has 5 nitrogen and oxygen atoms in total. The van der Waals surface area contributed by atoms with Crippen molar-refractivity contribution in [3.05, 3.63) is 23.8 Å². The second-order valence-corrected chi connectivity index (χ2v) is 4.55. The summed E-state index contributed by atoms with van der Waals surface area (Å²) < 4.78 is 21.2. The van der Waals surface area contributed by atoms with Gasteiger partial charge in [0.15, 0.2) is 11.5 Å². The van der Waals surface area contributed by atoms with Crippen molar-refractivity contribution < 1.29 is 18.9 Å². The van der Waals surface area contributed by atoms with Gasteiger partial charge in [-0.1, -0.05) is 6.07 Å². The first-order valence-electron chi connectivity index (χ1n) is 7.39. The van der Waals surface area contributed by atoms with Crippen LogP contribution in [0.4, 0.5) is 0 Å². The summed E-state index contributed by atoms with van der Waals surface area (Å²) >= 11 is 0. The third-order valence-electron chi connectivity index (χ3n) is 2.93. The molecule has 21 heavy (non-hydrogen) atoms. The molecule has 0 fully saturated rings. The van der Waals surface area contributed by atoms with Crippen molar-refractivity contribution in [2.24, 2.45) is 0 Å². The van der Waals surface area contributed by atoms with Crippen molar-refractivity contribution in [2.75, 3.05) is 47.2 Å². The highest BCUT2D eigenvalue weighted by molar-refractivity contribution is 5.42. The van der Waals surface area contributed by atoms with Crippen molar-refractivity contribution in [1.82, 2.24) is 5.32 Å². The molecule has 0 saturated carbocycles. The Hall–Kier alpha value is -1.30. The molecular weight excluding hydrogens is 270 g/mol. The summed E-state index contributed by atoms with van der Waals surface area (Å²) in [5, 5.41) is 3.39. The summed E-state index contributed by atoms with van der Waals surface area (Å²) in [5.41, 5.74) is 1.18. The maximum Gasteiger partial charge on any atom is 0.161 e. The van der Waals surface area contributed by atoms with E-state index >= 15 is 0 Å². The fourth-order valence-corrected chi connectivity index (χ4v) is 1.87. The zero-order valence-corrected chi connectivity index (χ0v) is 13.3. The second-order valence-electron chi connectivity index (χ2n) is 4.55. The standard InChI is InChI=1S/C16H27NO4/c1-4-21-15-7-6-14(12-16(15)19-3)13-17-8-5-9-20-11-10-18-2/h6-7,12,17H,4-5,8-11,13H2,1-3H3. The van der Waals surface area contributed by atoms with Gasteiger partial charge in [0.25, 0.3) is 0 Å². The van der Waals surface area contributed by atoms with Crippen LogP contribution in [-0.2, 0) is 16.0 Å². The molecule has 0 spiro atoms. The lowest BCUT2D eigenvalue weighted by Crippen LogP contribution is -2.17. The van der Waals surface area contributed by atoms with Crippen LogP contribution >= 0.6 is 0 Å². The van der Waals surface area contributed by atoms with Gasteiger partial charge in [-0.05, 0) is 37.6 Å². The molecular formula is C16H27NO4. The van der Waals surface area contributed by atoms with Crippen molar-refractivity contribution in [3.8, 4) is 11.5 Å². The molecule has 1 N–H and O–H groups in total. The van der Waals surface area contributed by atoms with Gasteiger partial charge in [-0.3, -0.25) is 0 Å².